The number of rotatable bonds is 7. The van der Waals surface area contributed by atoms with Gasteiger partial charge < -0.3 is 9.32 Å². The highest BCUT2D eigenvalue weighted by molar-refractivity contribution is 6.10. The molecule has 10 rings (SSSR count). The lowest BCUT2D eigenvalue weighted by Crippen LogP contribution is -2.10. The highest BCUT2D eigenvalue weighted by Gasteiger charge is 2.19. The maximum Gasteiger partial charge on any atom is 0.159 e. The first kappa shape index (κ1) is 31.6. The van der Waals surface area contributed by atoms with Gasteiger partial charge in [0, 0.05) is 22.1 Å². The third kappa shape index (κ3) is 5.71. The number of fused-ring (bicyclic) bond motifs is 4. The van der Waals surface area contributed by atoms with E-state index in [4.69, 9.17) is 4.42 Å². The molecule has 0 amide bonds. The molecule has 54 heavy (non-hydrogen) atoms. The number of para-hydroxylation sites is 2. The van der Waals surface area contributed by atoms with Crippen molar-refractivity contribution in [1.82, 2.24) is 0 Å². The molecule has 2 nitrogen and oxygen atoms in total. The normalized spacial score (nSPS) is 11.3. The van der Waals surface area contributed by atoms with E-state index in [1.807, 2.05) is 12.1 Å². The van der Waals surface area contributed by atoms with Gasteiger partial charge in [0.1, 0.15) is 5.58 Å². The first-order valence-electron chi connectivity index (χ1n) is 18.4. The van der Waals surface area contributed by atoms with Gasteiger partial charge in [-0.05, 0) is 97.7 Å². The van der Waals surface area contributed by atoms with Crippen LogP contribution in [0.4, 0.5) is 17.1 Å². The molecule has 1 heterocycles. The molecule has 0 fully saturated rings. The zero-order chi connectivity index (χ0) is 35.8. The van der Waals surface area contributed by atoms with Crippen molar-refractivity contribution in [1.29, 1.82) is 0 Å². The molecular weight excluding hydrogens is 655 g/mol. The minimum atomic E-state index is 0.870. The predicted octanol–water partition coefficient (Wildman–Crippen LogP) is 14.9. The molecule has 10 aromatic rings. The summed E-state index contributed by atoms with van der Waals surface area (Å²) in [5.41, 5.74) is 14.5. The van der Waals surface area contributed by atoms with E-state index in [-0.39, 0.29) is 0 Å². The van der Waals surface area contributed by atoms with E-state index in [0.29, 0.717) is 0 Å². The van der Waals surface area contributed by atoms with E-state index in [9.17, 15) is 0 Å². The van der Waals surface area contributed by atoms with Crippen LogP contribution in [-0.4, -0.2) is 0 Å². The second kappa shape index (κ2) is 13.4. The topological polar surface area (TPSA) is 16.4 Å². The van der Waals surface area contributed by atoms with Gasteiger partial charge >= 0.3 is 0 Å². The van der Waals surface area contributed by atoms with Crippen molar-refractivity contribution < 1.29 is 4.42 Å². The first-order chi connectivity index (χ1) is 26.8. The Kier molecular flexibility index (Phi) is 7.85. The molecule has 0 radical (unpaired) electrons. The molecule has 9 aromatic carbocycles. The molecule has 1 aromatic heterocycles. The van der Waals surface area contributed by atoms with E-state index in [0.717, 1.165) is 44.6 Å². The van der Waals surface area contributed by atoms with Crippen molar-refractivity contribution in [3.8, 4) is 44.5 Å². The Morgan fingerprint density at radius 1 is 0.315 bits per heavy atom. The summed E-state index contributed by atoms with van der Waals surface area (Å²) in [4.78, 5) is 2.30. The van der Waals surface area contributed by atoms with Gasteiger partial charge in [-0.25, -0.2) is 0 Å². The zero-order valence-electron chi connectivity index (χ0n) is 29.6. The van der Waals surface area contributed by atoms with E-state index < -0.39 is 0 Å². The Labute approximate surface area is 314 Å². The van der Waals surface area contributed by atoms with Crippen LogP contribution in [0.25, 0.3) is 77.2 Å². The van der Waals surface area contributed by atoms with E-state index in [1.165, 1.54) is 49.7 Å². The Morgan fingerprint density at radius 2 is 0.796 bits per heavy atom. The minimum Gasteiger partial charge on any atom is -0.454 e. The van der Waals surface area contributed by atoms with Crippen LogP contribution in [0.15, 0.2) is 217 Å². The minimum absolute atomic E-state index is 0.870. The predicted molar refractivity (Wildman–Crippen MR) is 228 cm³/mol. The van der Waals surface area contributed by atoms with Crippen molar-refractivity contribution in [2.75, 3.05) is 4.90 Å². The Hall–Kier alpha value is -7.16. The summed E-state index contributed by atoms with van der Waals surface area (Å²) in [5, 5.41) is 4.75. The summed E-state index contributed by atoms with van der Waals surface area (Å²) < 4.78 is 6.55. The Bertz CT molecular complexity index is 2900. The third-order valence-corrected chi connectivity index (χ3v) is 10.5. The average molecular weight is 690 g/mol. The Balaban J connectivity index is 0.992. The highest BCUT2D eigenvalue weighted by atomic mass is 16.3. The summed E-state index contributed by atoms with van der Waals surface area (Å²) in [6, 6.07) is 75.8. The molecular formula is C52H35NO. The molecule has 0 aliphatic carbocycles. The van der Waals surface area contributed by atoms with Gasteiger partial charge in [0.05, 0.1) is 5.69 Å². The fraction of sp³-hybridized carbons (Fsp3) is 0. The van der Waals surface area contributed by atoms with E-state index in [1.54, 1.807) is 0 Å². The highest BCUT2D eigenvalue weighted by Crippen LogP contribution is 2.43. The number of benzene rings is 9. The second-order valence-electron chi connectivity index (χ2n) is 13.7. The summed E-state index contributed by atoms with van der Waals surface area (Å²) in [6.07, 6.45) is 0. The van der Waals surface area contributed by atoms with E-state index in [2.05, 4.69) is 205 Å². The molecule has 0 saturated carbocycles. The molecule has 0 saturated heterocycles. The molecule has 0 N–H and O–H groups in total. The number of furan rings is 1. The third-order valence-electron chi connectivity index (χ3n) is 10.5. The first-order valence-corrected chi connectivity index (χ1v) is 18.4. The number of hydrogen-bond acceptors (Lipinski definition) is 2. The van der Waals surface area contributed by atoms with Gasteiger partial charge in [-0.1, -0.05) is 170 Å². The van der Waals surface area contributed by atoms with Crippen molar-refractivity contribution >= 4 is 49.8 Å². The van der Waals surface area contributed by atoms with Gasteiger partial charge in [0.15, 0.2) is 5.58 Å². The van der Waals surface area contributed by atoms with Crippen LogP contribution in [0.5, 0.6) is 0 Å². The van der Waals surface area contributed by atoms with Crippen molar-refractivity contribution in [3.63, 3.8) is 0 Å². The summed E-state index contributed by atoms with van der Waals surface area (Å²) in [7, 11) is 0. The molecule has 0 atom stereocenters. The van der Waals surface area contributed by atoms with Crippen molar-refractivity contribution in [2.24, 2.45) is 0 Å². The van der Waals surface area contributed by atoms with Crippen LogP contribution in [0.1, 0.15) is 0 Å². The number of hydrogen-bond donors (Lipinski definition) is 0. The van der Waals surface area contributed by atoms with Gasteiger partial charge in [-0.15, -0.1) is 0 Å². The van der Waals surface area contributed by atoms with Gasteiger partial charge in [0.2, 0.25) is 0 Å². The molecule has 0 spiro atoms. The van der Waals surface area contributed by atoms with Gasteiger partial charge in [-0.3, -0.25) is 0 Å². The largest absolute Gasteiger partial charge is 0.454 e. The summed E-state index contributed by atoms with van der Waals surface area (Å²) in [5.74, 6) is 0. The number of nitrogens with zero attached hydrogens (tertiary/aromatic N) is 1. The lowest BCUT2D eigenvalue weighted by atomic mass is 9.94. The fourth-order valence-electron chi connectivity index (χ4n) is 7.77. The SMILES string of the molecule is c1ccc(-c2ccc(N(c3ccc(-c4ccc(-c5cccc(-c6cccc7ccccc67)c5)cc4)cc3)c3cccc4c3oc3ccccc34)cc2)cc1. The van der Waals surface area contributed by atoms with Crippen molar-refractivity contribution in [3.05, 3.63) is 212 Å². The summed E-state index contributed by atoms with van der Waals surface area (Å²) >= 11 is 0. The molecule has 0 aliphatic heterocycles. The smallest absolute Gasteiger partial charge is 0.159 e. The quantitative estimate of drug-likeness (QED) is 0.166. The van der Waals surface area contributed by atoms with E-state index >= 15 is 0 Å². The standard InChI is InChI=1S/C52H35NO/c1-2-11-36(12-3-1)38-27-31-44(32-28-38)53(50-21-10-20-49-48-18-6-7-22-51(48)54-52(49)50)45-33-29-39(30-34-45)37-23-25-40(26-24-37)42-15-8-16-43(35-42)47-19-9-14-41-13-4-5-17-46(41)47/h1-35H. The number of anilines is 3. The Morgan fingerprint density at radius 3 is 1.52 bits per heavy atom. The molecule has 254 valence electrons. The van der Waals surface area contributed by atoms with Crippen LogP contribution in [-0.2, 0) is 0 Å². The van der Waals surface area contributed by atoms with Gasteiger partial charge in [0.25, 0.3) is 0 Å². The maximum atomic E-state index is 6.55. The molecule has 0 aliphatic rings. The lowest BCUT2D eigenvalue weighted by molar-refractivity contribution is 0.669. The average Bonchev–Trinajstić information content (AvgIpc) is 3.64. The fourth-order valence-corrected chi connectivity index (χ4v) is 7.77. The zero-order valence-corrected chi connectivity index (χ0v) is 29.6. The summed E-state index contributed by atoms with van der Waals surface area (Å²) in [6.45, 7) is 0. The van der Waals surface area contributed by atoms with Crippen LogP contribution in [0.3, 0.4) is 0 Å². The van der Waals surface area contributed by atoms with Crippen LogP contribution < -0.4 is 4.90 Å². The van der Waals surface area contributed by atoms with Crippen LogP contribution in [0.2, 0.25) is 0 Å². The lowest BCUT2D eigenvalue weighted by Gasteiger charge is -2.26. The molecule has 2 heteroatoms. The second-order valence-corrected chi connectivity index (χ2v) is 13.7. The van der Waals surface area contributed by atoms with Crippen molar-refractivity contribution in [2.45, 2.75) is 0 Å². The molecule has 0 bridgehead atoms. The van der Waals surface area contributed by atoms with Gasteiger partial charge in [-0.2, -0.15) is 0 Å². The van der Waals surface area contributed by atoms with Crippen LogP contribution in [0, 0.1) is 0 Å². The monoisotopic (exact) mass is 689 g/mol. The molecule has 0 unspecified atom stereocenters. The van der Waals surface area contributed by atoms with Crippen LogP contribution >= 0.6 is 0 Å². The maximum absolute atomic E-state index is 6.55.